The highest BCUT2D eigenvalue weighted by Gasteiger charge is 2.16. The number of aryl methyl sites for hydroxylation is 1. The first kappa shape index (κ1) is 18.3. The molecule has 5 heteroatoms. The molecule has 2 aromatic rings. The summed E-state index contributed by atoms with van der Waals surface area (Å²) in [5, 5.41) is 2.92. The maximum Gasteiger partial charge on any atom is 0.265 e. The van der Waals surface area contributed by atoms with E-state index < -0.39 is 6.10 Å². The summed E-state index contributed by atoms with van der Waals surface area (Å²) in [6.07, 6.45) is -0.561. The molecule has 3 rings (SSSR count). The van der Waals surface area contributed by atoms with E-state index in [1.807, 2.05) is 43.3 Å². The molecular formula is C21H27N3O2. The van der Waals surface area contributed by atoms with Crippen molar-refractivity contribution in [3.63, 3.8) is 0 Å². The Morgan fingerprint density at radius 3 is 2.42 bits per heavy atom. The van der Waals surface area contributed by atoms with E-state index in [9.17, 15) is 4.79 Å². The van der Waals surface area contributed by atoms with Crippen molar-refractivity contribution in [2.24, 2.45) is 0 Å². The van der Waals surface area contributed by atoms with Crippen molar-refractivity contribution >= 4 is 17.3 Å². The molecule has 26 heavy (non-hydrogen) atoms. The van der Waals surface area contributed by atoms with Crippen LogP contribution in [0.3, 0.4) is 0 Å². The van der Waals surface area contributed by atoms with Crippen LogP contribution in [0.15, 0.2) is 48.5 Å². The number of hydrogen-bond donors (Lipinski definition) is 1. The highest BCUT2D eigenvalue weighted by Crippen LogP contribution is 2.20. The Morgan fingerprint density at radius 2 is 1.77 bits per heavy atom. The molecule has 0 unspecified atom stereocenters. The molecule has 2 aromatic carbocycles. The van der Waals surface area contributed by atoms with Gasteiger partial charge in [-0.1, -0.05) is 12.1 Å². The van der Waals surface area contributed by atoms with Crippen molar-refractivity contribution in [3.8, 4) is 5.75 Å². The number of nitrogens with one attached hydrogen (secondary N) is 1. The fourth-order valence-corrected chi connectivity index (χ4v) is 3.01. The third-order valence-electron chi connectivity index (χ3n) is 4.67. The molecule has 1 aliphatic heterocycles. The molecular weight excluding hydrogens is 326 g/mol. The minimum atomic E-state index is -0.561. The molecule has 1 heterocycles. The van der Waals surface area contributed by atoms with E-state index in [4.69, 9.17) is 4.74 Å². The van der Waals surface area contributed by atoms with Crippen molar-refractivity contribution in [1.82, 2.24) is 4.90 Å². The Labute approximate surface area is 155 Å². The highest BCUT2D eigenvalue weighted by atomic mass is 16.5. The van der Waals surface area contributed by atoms with Gasteiger partial charge < -0.3 is 19.9 Å². The van der Waals surface area contributed by atoms with Crippen molar-refractivity contribution in [2.75, 3.05) is 43.4 Å². The van der Waals surface area contributed by atoms with Gasteiger partial charge in [-0.05, 0) is 62.9 Å². The van der Waals surface area contributed by atoms with Gasteiger partial charge in [0.15, 0.2) is 6.10 Å². The van der Waals surface area contributed by atoms with E-state index in [1.165, 1.54) is 5.69 Å². The molecule has 1 aliphatic rings. The summed E-state index contributed by atoms with van der Waals surface area (Å²) in [6.45, 7) is 7.97. The number of rotatable bonds is 5. The summed E-state index contributed by atoms with van der Waals surface area (Å²) in [5.74, 6) is 0.553. The van der Waals surface area contributed by atoms with Gasteiger partial charge in [-0.3, -0.25) is 4.79 Å². The van der Waals surface area contributed by atoms with Crippen molar-refractivity contribution in [2.45, 2.75) is 20.0 Å². The van der Waals surface area contributed by atoms with Gasteiger partial charge in [0.05, 0.1) is 0 Å². The molecule has 0 saturated carbocycles. The molecule has 0 spiro atoms. The van der Waals surface area contributed by atoms with E-state index in [-0.39, 0.29) is 5.91 Å². The van der Waals surface area contributed by atoms with Gasteiger partial charge in [-0.15, -0.1) is 0 Å². The lowest BCUT2D eigenvalue weighted by molar-refractivity contribution is -0.122. The predicted molar refractivity (Wildman–Crippen MR) is 106 cm³/mol. The number of piperazine rings is 1. The monoisotopic (exact) mass is 353 g/mol. The standard InChI is InChI=1S/C21H27N3O2/c1-16-5-4-6-20(15-16)26-17(2)21(25)22-18-7-9-19(10-8-18)24-13-11-23(3)12-14-24/h4-10,15,17H,11-14H2,1-3H3,(H,22,25)/t17-/m0/s1. The van der Waals surface area contributed by atoms with Crippen molar-refractivity contribution in [3.05, 3.63) is 54.1 Å². The minimum Gasteiger partial charge on any atom is -0.481 e. The van der Waals surface area contributed by atoms with E-state index in [0.717, 1.165) is 37.4 Å². The van der Waals surface area contributed by atoms with E-state index in [0.29, 0.717) is 5.75 Å². The molecule has 1 saturated heterocycles. The van der Waals surface area contributed by atoms with Crippen molar-refractivity contribution in [1.29, 1.82) is 0 Å². The van der Waals surface area contributed by atoms with Crippen LogP contribution in [0.2, 0.25) is 0 Å². The second-order valence-corrected chi connectivity index (χ2v) is 6.90. The fraction of sp³-hybridized carbons (Fsp3) is 0.381. The molecule has 1 fully saturated rings. The number of likely N-dealkylation sites (N-methyl/N-ethyl adjacent to an activating group) is 1. The second kappa shape index (κ2) is 8.23. The molecule has 5 nitrogen and oxygen atoms in total. The van der Waals surface area contributed by atoms with Crippen LogP contribution in [0.1, 0.15) is 12.5 Å². The molecule has 0 aliphatic carbocycles. The molecule has 0 radical (unpaired) electrons. The Hall–Kier alpha value is -2.53. The maximum absolute atomic E-state index is 12.4. The highest BCUT2D eigenvalue weighted by molar-refractivity contribution is 5.94. The van der Waals surface area contributed by atoms with Crippen molar-refractivity contribution < 1.29 is 9.53 Å². The van der Waals surface area contributed by atoms with E-state index in [1.54, 1.807) is 6.92 Å². The number of carbonyl (C=O) groups excluding carboxylic acids is 1. The number of hydrogen-bond acceptors (Lipinski definition) is 4. The van der Waals surface area contributed by atoms with Crippen LogP contribution in [0.5, 0.6) is 5.75 Å². The summed E-state index contributed by atoms with van der Waals surface area (Å²) >= 11 is 0. The van der Waals surface area contributed by atoms with Crippen LogP contribution >= 0.6 is 0 Å². The topological polar surface area (TPSA) is 44.8 Å². The summed E-state index contributed by atoms with van der Waals surface area (Å²) in [7, 11) is 2.15. The molecule has 1 N–H and O–H groups in total. The number of nitrogens with zero attached hydrogens (tertiary/aromatic N) is 2. The third kappa shape index (κ3) is 4.76. The van der Waals surface area contributed by atoms with Crippen LogP contribution in [-0.2, 0) is 4.79 Å². The number of anilines is 2. The maximum atomic E-state index is 12.4. The van der Waals surface area contributed by atoms with Gasteiger partial charge in [0, 0.05) is 37.6 Å². The number of ether oxygens (including phenoxy) is 1. The Kier molecular flexibility index (Phi) is 5.78. The minimum absolute atomic E-state index is 0.154. The van der Waals surface area contributed by atoms with Crippen LogP contribution < -0.4 is 15.0 Å². The van der Waals surface area contributed by atoms with Crippen LogP contribution in [0, 0.1) is 6.92 Å². The summed E-state index contributed by atoms with van der Waals surface area (Å²) in [6, 6.07) is 15.7. The average molecular weight is 353 g/mol. The average Bonchev–Trinajstić information content (AvgIpc) is 2.63. The SMILES string of the molecule is Cc1cccc(O[C@@H](C)C(=O)Nc2ccc(N3CCN(C)CC3)cc2)c1. The first-order valence-corrected chi connectivity index (χ1v) is 9.09. The quantitative estimate of drug-likeness (QED) is 0.897. The van der Waals surface area contributed by atoms with Crippen LogP contribution in [0.4, 0.5) is 11.4 Å². The number of carbonyl (C=O) groups is 1. The molecule has 1 amide bonds. The zero-order valence-electron chi connectivity index (χ0n) is 15.7. The lowest BCUT2D eigenvalue weighted by atomic mass is 10.2. The van der Waals surface area contributed by atoms with Gasteiger partial charge >= 0.3 is 0 Å². The summed E-state index contributed by atoms with van der Waals surface area (Å²) in [4.78, 5) is 17.1. The van der Waals surface area contributed by atoms with E-state index >= 15 is 0 Å². The Bertz CT molecular complexity index is 737. The number of benzene rings is 2. The zero-order valence-corrected chi connectivity index (χ0v) is 15.7. The summed E-state index contributed by atoms with van der Waals surface area (Å²) < 4.78 is 5.73. The van der Waals surface area contributed by atoms with Crippen LogP contribution in [0.25, 0.3) is 0 Å². The lowest BCUT2D eigenvalue weighted by Gasteiger charge is -2.34. The van der Waals surface area contributed by atoms with E-state index in [2.05, 4.69) is 34.3 Å². The zero-order chi connectivity index (χ0) is 18.5. The van der Waals surface area contributed by atoms with Gasteiger partial charge in [-0.25, -0.2) is 0 Å². The fourth-order valence-electron chi connectivity index (χ4n) is 3.01. The van der Waals surface area contributed by atoms with Gasteiger partial charge in [0.1, 0.15) is 5.75 Å². The summed E-state index contributed by atoms with van der Waals surface area (Å²) in [5.41, 5.74) is 3.09. The molecule has 0 bridgehead atoms. The molecule has 1 atom stereocenters. The third-order valence-corrected chi connectivity index (χ3v) is 4.67. The van der Waals surface area contributed by atoms with Gasteiger partial charge in [0.25, 0.3) is 5.91 Å². The Morgan fingerprint density at radius 1 is 1.08 bits per heavy atom. The second-order valence-electron chi connectivity index (χ2n) is 6.90. The van der Waals surface area contributed by atoms with Gasteiger partial charge in [0.2, 0.25) is 0 Å². The normalized spacial score (nSPS) is 16.2. The first-order valence-electron chi connectivity index (χ1n) is 9.09. The predicted octanol–water partition coefficient (Wildman–Crippen LogP) is 3.15. The van der Waals surface area contributed by atoms with Gasteiger partial charge in [-0.2, -0.15) is 0 Å². The largest absolute Gasteiger partial charge is 0.481 e. The molecule has 138 valence electrons. The number of amides is 1. The Balaban J connectivity index is 1.55. The molecule has 0 aromatic heterocycles. The lowest BCUT2D eigenvalue weighted by Crippen LogP contribution is -2.44. The smallest absolute Gasteiger partial charge is 0.265 e. The first-order chi connectivity index (χ1) is 12.5. The van der Waals surface area contributed by atoms with Crippen LogP contribution in [-0.4, -0.2) is 50.1 Å².